The second-order valence-electron chi connectivity index (χ2n) is 6.41. The molecule has 2 heterocycles. The largest absolute Gasteiger partial charge is 0.394 e. The smallest absolute Gasteiger partial charge is 0.225 e. The first-order chi connectivity index (χ1) is 11.5. The van der Waals surface area contributed by atoms with Gasteiger partial charge in [-0.3, -0.25) is 4.79 Å². The number of anilines is 1. The number of amides is 1. The molecule has 0 radical (unpaired) electrons. The van der Waals surface area contributed by atoms with Gasteiger partial charge in [0, 0.05) is 24.5 Å². The third-order valence-corrected chi connectivity index (χ3v) is 4.93. The minimum absolute atomic E-state index is 0.0110. The lowest BCUT2D eigenvalue weighted by Crippen LogP contribution is -2.47. The van der Waals surface area contributed by atoms with Crippen molar-refractivity contribution >= 4 is 23.6 Å². The molecule has 1 aliphatic heterocycles. The van der Waals surface area contributed by atoms with E-state index in [1.165, 1.54) is 0 Å². The average molecular weight is 353 g/mol. The first-order valence-corrected chi connectivity index (χ1v) is 9.90. The van der Waals surface area contributed by atoms with E-state index < -0.39 is 0 Å². The van der Waals surface area contributed by atoms with E-state index in [-0.39, 0.29) is 24.5 Å². The first kappa shape index (κ1) is 19.0. The normalized spacial score (nSPS) is 19.2. The third-order valence-electron chi connectivity index (χ3n) is 4.28. The zero-order valence-electron chi connectivity index (χ0n) is 14.8. The molecule has 1 fully saturated rings. The average Bonchev–Trinajstić information content (AvgIpc) is 2.57. The molecule has 1 saturated heterocycles. The van der Waals surface area contributed by atoms with Crippen LogP contribution < -0.4 is 10.2 Å². The van der Waals surface area contributed by atoms with Crippen LogP contribution in [0.4, 0.5) is 5.95 Å². The number of aryl methyl sites for hydroxylation is 2. The van der Waals surface area contributed by atoms with Crippen LogP contribution in [0.3, 0.4) is 0 Å². The van der Waals surface area contributed by atoms with Crippen LogP contribution in [0.25, 0.3) is 0 Å². The molecule has 0 aliphatic carbocycles. The van der Waals surface area contributed by atoms with Crippen molar-refractivity contribution in [2.75, 3.05) is 36.6 Å². The third kappa shape index (κ3) is 5.34. The zero-order chi connectivity index (χ0) is 17.5. The van der Waals surface area contributed by atoms with E-state index in [0.717, 1.165) is 42.9 Å². The van der Waals surface area contributed by atoms with Gasteiger partial charge in [0.05, 0.1) is 18.6 Å². The fourth-order valence-electron chi connectivity index (χ4n) is 3.01. The first-order valence-electron chi connectivity index (χ1n) is 8.51. The van der Waals surface area contributed by atoms with E-state index in [4.69, 9.17) is 0 Å². The quantitative estimate of drug-likeness (QED) is 0.775. The monoisotopic (exact) mass is 352 g/mol. The van der Waals surface area contributed by atoms with Crippen LogP contribution in [-0.2, 0) is 4.79 Å². The Morgan fingerprint density at radius 3 is 2.79 bits per heavy atom. The van der Waals surface area contributed by atoms with Crippen LogP contribution in [0, 0.1) is 19.8 Å². The van der Waals surface area contributed by atoms with Crippen molar-refractivity contribution < 1.29 is 9.90 Å². The second kappa shape index (κ2) is 9.22. The Kier molecular flexibility index (Phi) is 7.30. The summed E-state index contributed by atoms with van der Waals surface area (Å²) in [5.74, 6) is 1.60. The number of hydrogen-bond donors (Lipinski definition) is 2. The summed E-state index contributed by atoms with van der Waals surface area (Å²) in [7, 11) is 0. The van der Waals surface area contributed by atoms with E-state index in [1.807, 2.05) is 26.2 Å². The SMILES string of the molecule is CSCC[C@@H](CO)NC(=O)[C@@H]1CCCN(c2nc(C)cc(C)n2)C1. The van der Waals surface area contributed by atoms with Gasteiger partial charge >= 0.3 is 0 Å². The van der Waals surface area contributed by atoms with E-state index in [0.29, 0.717) is 12.5 Å². The van der Waals surface area contributed by atoms with Crippen molar-refractivity contribution in [1.29, 1.82) is 0 Å². The number of carbonyl (C=O) groups excluding carboxylic acids is 1. The number of aliphatic hydroxyl groups is 1. The van der Waals surface area contributed by atoms with Gasteiger partial charge in [-0.1, -0.05) is 0 Å². The van der Waals surface area contributed by atoms with Crippen LogP contribution in [0.5, 0.6) is 0 Å². The Hall–Kier alpha value is -1.34. The van der Waals surface area contributed by atoms with Gasteiger partial charge in [0.1, 0.15) is 0 Å². The number of carbonyl (C=O) groups is 1. The molecule has 134 valence electrons. The Bertz CT molecular complexity index is 535. The number of hydrogen-bond acceptors (Lipinski definition) is 6. The maximum atomic E-state index is 12.5. The van der Waals surface area contributed by atoms with Crippen molar-refractivity contribution in [2.45, 2.75) is 39.2 Å². The van der Waals surface area contributed by atoms with Crippen LogP contribution in [-0.4, -0.2) is 58.7 Å². The van der Waals surface area contributed by atoms with Gasteiger partial charge in [-0.05, 0) is 51.2 Å². The van der Waals surface area contributed by atoms with E-state index in [2.05, 4.69) is 20.2 Å². The number of rotatable bonds is 7. The van der Waals surface area contributed by atoms with Crippen LogP contribution >= 0.6 is 11.8 Å². The highest BCUT2D eigenvalue weighted by molar-refractivity contribution is 7.98. The predicted octanol–water partition coefficient (Wildman–Crippen LogP) is 1.54. The maximum Gasteiger partial charge on any atom is 0.225 e. The Morgan fingerprint density at radius 2 is 2.17 bits per heavy atom. The summed E-state index contributed by atoms with van der Waals surface area (Å²) in [5, 5.41) is 12.4. The molecule has 6 nitrogen and oxygen atoms in total. The van der Waals surface area contributed by atoms with Crippen molar-refractivity contribution in [3.05, 3.63) is 17.5 Å². The van der Waals surface area contributed by atoms with Gasteiger partial charge in [-0.15, -0.1) is 0 Å². The van der Waals surface area contributed by atoms with Gasteiger partial charge in [0.25, 0.3) is 0 Å². The molecular formula is C17H28N4O2S. The van der Waals surface area contributed by atoms with Crippen molar-refractivity contribution in [2.24, 2.45) is 5.92 Å². The van der Waals surface area contributed by atoms with E-state index in [1.54, 1.807) is 11.8 Å². The van der Waals surface area contributed by atoms with Crippen LogP contribution in [0.15, 0.2) is 6.07 Å². The molecule has 1 aliphatic rings. The standard InChI is InChI=1S/C17H28N4O2S/c1-12-9-13(2)19-17(18-12)21-7-4-5-14(10-21)16(23)20-15(11-22)6-8-24-3/h9,14-15,22H,4-8,10-11H2,1-3H3,(H,20,23)/t14-,15+/m1/s1. The molecule has 2 rings (SSSR count). The highest BCUT2D eigenvalue weighted by atomic mass is 32.2. The number of thioether (sulfide) groups is 1. The highest BCUT2D eigenvalue weighted by Crippen LogP contribution is 2.21. The lowest BCUT2D eigenvalue weighted by atomic mass is 9.97. The molecule has 0 bridgehead atoms. The maximum absolute atomic E-state index is 12.5. The number of aliphatic hydroxyl groups excluding tert-OH is 1. The second-order valence-corrected chi connectivity index (χ2v) is 7.39. The number of nitrogens with one attached hydrogen (secondary N) is 1. The Balaban J connectivity index is 1.97. The Morgan fingerprint density at radius 1 is 1.46 bits per heavy atom. The molecule has 1 aromatic heterocycles. The molecule has 24 heavy (non-hydrogen) atoms. The van der Waals surface area contributed by atoms with Gasteiger partial charge in [-0.2, -0.15) is 11.8 Å². The molecule has 2 N–H and O–H groups in total. The van der Waals surface area contributed by atoms with Crippen LogP contribution in [0.1, 0.15) is 30.7 Å². The van der Waals surface area contributed by atoms with E-state index in [9.17, 15) is 9.90 Å². The molecular weight excluding hydrogens is 324 g/mol. The molecule has 1 aromatic rings. The summed E-state index contributed by atoms with van der Waals surface area (Å²) in [4.78, 5) is 23.7. The number of nitrogens with zero attached hydrogens (tertiary/aromatic N) is 3. The van der Waals surface area contributed by atoms with Crippen LogP contribution in [0.2, 0.25) is 0 Å². The predicted molar refractivity (Wildman–Crippen MR) is 98.5 cm³/mol. The highest BCUT2D eigenvalue weighted by Gasteiger charge is 2.28. The number of piperidine rings is 1. The molecule has 0 saturated carbocycles. The van der Waals surface area contributed by atoms with Gasteiger partial charge in [0.15, 0.2) is 0 Å². The molecule has 0 unspecified atom stereocenters. The lowest BCUT2D eigenvalue weighted by molar-refractivity contribution is -0.126. The summed E-state index contributed by atoms with van der Waals surface area (Å²) in [6, 6.07) is 1.80. The fraction of sp³-hybridized carbons (Fsp3) is 0.706. The lowest BCUT2D eigenvalue weighted by Gasteiger charge is -2.33. The van der Waals surface area contributed by atoms with Gasteiger partial charge in [-0.25, -0.2) is 9.97 Å². The number of aromatic nitrogens is 2. The molecule has 7 heteroatoms. The van der Waals surface area contributed by atoms with Gasteiger partial charge in [0.2, 0.25) is 11.9 Å². The van der Waals surface area contributed by atoms with E-state index >= 15 is 0 Å². The van der Waals surface area contributed by atoms with Crippen molar-refractivity contribution in [3.63, 3.8) is 0 Å². The van der Waals surface area contributed by atoms with Crippen molar-refractivity contribution in [3.8, 4) is 0 Å². The van der Waals surface area contributed by atoms with Gasteiger partial charge < -0.3 is 15.3 Å². The molecule has 0 spiro atoms. The molecule has 1 amide bonds. The fourth-order valence-corrected chi connectivity index (χ4v) is 3.53. The summed E-state index contributed by atoms with van der Waals surface area (Å²) in [6.45, 7) is 5.43. The minimum atomic E-state index is -0.155. The zero-order valence-corrected chi connectivity index (χ0v) is 15.6. The molecule has 2 atom stereocenters. The molecule has 0 aromatic carbocycles. The Labute approximate surface area is 148 Å². The summed E-state index contributed by atoms with van der Waals surface area (Å²) >= 11 is 1.72. The summed E-state index contributed by atoms with van der Waals surface area (Å²) < 4.78 is 0. The van der Waals surface area contributed by atoms with Crippen molar-refractivity contribution in [1.82, 2.24) is 15.3 Å². The summed E-state index contributed by atoms with van der Waals surface area (Å²) in [5.41, 5.74) is 1.89. The topological polar surface area (TPSA) is 78.4 Å². The summed E-state index contributed by atoms with van der Waals surface area (Å²) in [6.07, 6.45) is 4.63. The minimum Gasteiger partial charge on any atom is -0.394 e.